The summed E-state index contributed by atoms with van der Waals surface area (Å²) in [6.45, 7) is 1.80. The van der Waals surface area contributed by atoms with Crippen LogP contribution in [0.3, 0.4) is 0 Å². The highest BCUT2D eigenvalue weighted by Crippen LogP contribution is 2.17. The van der Waals surface area contributed by atoms with Crippen LogP contribution in [0.4, 0.5) is 11.4 Å². The molecule has 4 nitrogen and oxygen atoms in total. The lowest BCUT2D eigenvalue weighted by atomic mass is 10.1. The number of rotatable bonds is 2. The van der Waals surface area contributed by atoms with Gasteiger partial charge in [0.2, 0.25) is 0 Å². The normalized spacial score (nSPS) is 10.1. The van der Waals surface area contributed by atoms with Gasteiger partial charge in [-0.3, -0.25) is 9.78 Å². The molecule has 0 radical (unpaired) electrons. The van der Waals surface area contributed by atoms with Crippen molar-refractivity contribution in [3.63, 3.8) is 0 Å². The first-order valence-corrected chi connectivity index (χ1v) is 5.65. The zero-order chi connectivity index (χ0) is 13.1. The lowest BCUT2D eigenvalue weighted by Crippen LogP contribution is -2.27. The van der Waals surface area contributed by atoms with Crippen LogP contribution < -0.4 is 10.6 Å². The molecule has 0 aliphatic heterocycles. The first-order valence-electron chi connectivity index (χ1n) is 5.65. The summed E-state index contributed by atoms with van der Waals surface area (Å²) in [6.07, 6.45) is 1.55. The molecule has 2 N–H and O–H groups in total. The Morgan fingerprint density at radius 1 is 1.28 bits per heavy atom. The minimum atomic E-state index is -0.112. The van der Waals surface area contributed by atoms with E-state index in [0.717, 1.165) is 5.69 Å². The van der Waals surface area contributed by atoms with E-state index in [-0.39, 0.29) is 5.91 Å². The van der Waals surface area contributed by atoms with E-state index in [1.807, 2.05) is 30.3 Å². The molecule has 0 spiro atoms. The number of hydrogen-bond donors (Lipinski definition) is 1. The summed E-state index contributed by atoms with van der Waals surface area (Å²) >= 11 is 0. The lowest BCUT2D eigenvalue weighted by Gasteiger charge is -2.18. The highest BCUT2D eigenvalue weighted by molar-refractivity contribution is 6.06. The number of benzene rings is 1. The molecule has 4 heteroatoms. The Labute approximate surface area is 106 Å². The van der Waals surface area contributed by atoms with Gasteiger partial charge in [-0.2, -0.15) is 0 Å². The molecule has 0 aliphatic carbocycles. The Kier molecular flexibility index (Phi) is 3.28. The number of para-hydroxylation sites is 1. The summed E-state index contributed by atoms with van der Waals surface area (Å²) in [5.41, 5.74) is 8.21. The van der Waals surface area contributed by atoms with Crippen LogP contribution >= 0.6 is 0 Å². The van der Waals surface area contributed by atoms with E-state index in [9.17, 15) is 4.79 Å². The Bertz CT molecular complexity index is 567. The Balaban J connectivity index is 2.34. The molecule has 1 aromatic carbocycles. The van der Waals surface area contributed by atoms with Gasteiger partial charge in [-0.1, -0.05) is 18.2 Å². The fourth-order valence-corrected chi connectivity index (χ4v) is 1.72. The molecule has 0 fully saturated rings. The Morgan fingerprint density at radius 3 is 2.61 bits per heavy atom. The number of nitrogens with zero attached hydrogens (tertiary/aromatic N) is 2. The van der Waals surface area contributed by atoms with Gasteiger partial charge in [0, 0.05) is 12.7 Å². The number of amides is 1. The molecule has 18 heavy (non-hydrogen) atoms. The van der Waals surface area contributed by atoms with Crippen LogP contribution in [0.25, 0.3) is 0 Å². The predicted molar refractivity (Wildman–Crippen MR) is 72.6 cm³/mol. The number of aromatic nitrogens is 1. The van der Waals surface area contributed by atoms with Crippen molar-refractivity contribution in [2.75, 3.05) is 17.7 Å². The third kappa shape index (κ3) is 2.32. The quantitative estimate of drug-likeness (QED) is 0.877. The summed E-state index contributed by atoms with van der Waals surface area (Å²) < 4.78 is 0. The minimum Gasteiger partial charge on any atom is -0.397 e. The average Bonchev–Trinajstić information content (AvgIpc) is 2.41. The third-order valence-corrected chi connectivity index (χ3v) is 2.79. The van der Waals surface area contributed by atoms with Crippen molar-refractivity contribution in [1.82, 2.24) is 4.98 Å². The number of aryl methyl sites for hydroxylation is 1. The molecular weight excluding hydrogens is 226 g/mol. The fraction of sp³-hybridized carbons (Fsp3) is 0.143. The van der Waals surface area contributed by atoms with Crippen molar-refractivity contribution in [2.45, 2.75) is 6.92 Å². The molecule has 2 aromatic rings. The first kappa shape index (κ1) is 12.1. The zero-order valence-electron chi connectivity index (χ0n) is 10.4. The van der Waals surface area contributed by atoms with Gasteiger partial charge in [0.05, 0.1) is 23.1 Å². The zero-order valence-corrected chi connectivity index (χ0v) is 10.4. The van der Waals surface area contributed by atoms with Gasteiger partial charge < -0.3 is 10.6 Å². The number of hydrogen-bond acceptors (Lipinski definition) is 3. The first-order chi connectivity index (χ1) is 8.59. The molecule has 2 rings (SSSR count). The highest BCUT2D eigenvalue weighted by Gasteiger charge is 2.16. The SMILES string of the molecule is Cc1ncc(N)cc1C(=O)N(C)c1ccccc1. The van der Waals surface area contributed by atoms with E-state index in [1.54, 1.807) is 31.1 Å². The second-order valence-electron chi connectivity index (χ2n) is 4.10. The van der Waals surface area contributed by atoms with Crippen LogP contribution in [0.1, 0.15) is 16.1 Å². The summed E-state index contributed by atoms with van der Waals surface area (Å²) in [5, 5.41) is 0. The number of carbonyl (C=O) groups is 1. The summed E-state index contributed by atoms with van der Waals surface area (Å²) in [7, 11) is 1.74. The molecule has 1 amide bonds. The molecule has 0 saturated carbocycles. The molecule has 0 bridgehead atoms. The van der Waals surface area contributed by atoms with Gasteiger partial charge in [-0.05, 0) is 25.1 Å². The minimum absolute atomic E-state index is 0.112. The van der Waals surface area contributed by atoms with Gasteiger partial charge in [0.1, 0.15) is 0 Å². The van der Waals surface area contributed by atoms with Crippen molar-refractivity contribution < 1.29 is 4.79 Å². The van der Waals surface area contributed by atoms with E-state index in [2.05, 4.69) is 4.98 Å². The molecule has 0 aliphatic rings. The predicted octanol–water partition coefficient (Wildman–Crippen LogP) is 2.25. The molecule has 1 aromatic heterocycles. The maximum atomic E-state index is 12.3. The Morgan fingerprint density at radius 2 is 1.94 bits per heavy atom. The van der Waals surface area contributed by atoms with Crippen molar-refractivity contribution in [3.8, 4) is 0 Å². The van der Waals surface area contributed by atoms with Crippen molar-refractivity contribution >= 4 is 17.3 Å². The van der Waals surface area contributed by atoms with E-state index in [1.165, 1.54) is 0 Å². The van der Waals surface area contributed by atoms with Crippen LogP contribution in [0.15, 0.2) is 42.6 Å². The van der Waals surface area contributed by atoms with E-state index in [0.29, 0.717) is 16.9 Å². The number of pyridine rings is 1. The Hall–Kier alpha value is -2.36. The van der Waals surface area contributed by atoms with Crippen molar-refractivity contribution in [2.24, 2.45) is 0 Å². The second-order valence-corrected chi connectivity index (χ2v) is 4.10. The monoisotopic (exact) mass is 241 g/mol. The van der Waals surface area contributed by atoms with Crippen molar-refractivity contribution in [3.05, 3.63) is 53.9 Å². The van der Waals surface area contributed by atoms with E-state index < -0.39 is 0 Å². The van der Waals surface area contributed by atoms with Crippen LogP contribution in [0, 0.1) is 6.92 Å². The number of nitrogen functional groups attached to an aromatic ring is 1. The van der Waals surface area contributed by atoms with Crippen molar-refractivity contribution in [1.29, 1.82) is 0 Å². The standard InChI is InChI=1S/C14H15N3O/c1-10-13(8-11(15)9-16-10)14(18)17(2)12-6-4-3-5-7-12/h3-9H,15H2,1-2H3. The van der Waals surface area contributed by atoms with Gasteiger partial charge in [-0.15, -0.1) is 0 Å². The van der Waals surface area contributed by atoms with Gasteiger partial charge in [-0.25, -0.2) is 0 Å². The van der Waals surface area contributed by atoms with Crippen LogP contribution in [0.5, 0.6) is 0 Å². The largest absolute Gasteiger partial charge is 0.397 e. The van der Waals surface area contributed by atoms with Gasteiger partial charge in [0.15, 0.2) is 0 Å². The molecule has 1 heterocycles. The number of carbonyl (C=O) groups excluding carboxylic acids is 1. The maximum Gasteiger partial charge on any atom is 0.259 e. The second kappa shape index (κ2) is 4.87. The lowest BCUT2D eigenvalue weighted by molar-refractivity contribution is 0.0992. The molecule has 0 unspecified atom stereocenters. The van der Waals surface area contributed by atoms with Gasteiger partial charge >= 0.3 is 0 Å². The smallest absolute Gasteiger partial charge is 0.259 e. The summed E-state index contributed by atoms with van der Waals surface area (Å²) in [4.78, 5) is 18.0. The number of nitrogens with two attached hydrogens (primary N) is 1. The summed E-state index contributed by atoms with van der Waals surface area (Å²) in [6, 6.07) is 11.1. The van der Waals surface area contributed by atoms with Crippen LogP contribution in [-0.2, 0) is 0 Å². The third-order valence-electron chi connectivity index (χ3n) is 2.79. The van der Waals surface area contributed by atoms with Crippen LogP contribution in [-0.4, -0.2) is 17.9 Å². The molecule has 0 atom stereocenters. The topological polar surface area (TPSA) is 59.2 Å². The van der Waals surface area contributed by atoms with Crippen LogP contribution in [0.2, 0.25) is 0 Å². The highest BCUT2D eigenvalue weighted by atomic mass is 16.2. The van der Waals surface area contributed by atoms with Gasteiger partial charge in [0.25, 0.3) is 5.91 Å². The molecule has 92 valence electrons. The maximum absolute atomic E-state index is 12.3. The summed E-state index contributed by atoms with van der Waals surface area (Å²) in [5.74, 6) is -0.112. The van der Waals surface area contributed by atoms with E-state index in [4.69, 9.17) is 5.73 Å². The number of anilines is 2. The van der Waals surface area contributed by atoms with E-state index >= 15 is 0 Å². The fourth-order valence-electron chi connectivity index (χ4n) is 1.72. The molecular formula is C14H15N3O. The average molecular weight is 241 g/mol. The molecule has 0 saturated heterocycles.